The summed E-state index contributed by atoms with van der Waals surface area (Å²) < 4.78 is 44.5. The number of aromatic nitrogens is 1. The van der Waals surface area contributed by atoms with Crippen molar-refractivity contribution in [3.8, 4) is 11.1 Å². The zero-order chi connectivity index (χ0) is 19.5. The molecule has 3 aromatic rings. The van der Waals surface area contributed by atoms with Gasteiger partial charge < -0.3 is 16.1 Å². The van der Waals surface area contributed by atoms with E-state index in [1.165, 1.54) is 12.1 Å². The van der Waals surface area contributed by atoms with Crippen molar-refractivity contribution in [1.82, 2.24) is 4.98 Å². The van der Waals surface area contributed by atoms with Crippen molar-refractivity contribution in [2.75, 3.05) is 5.32 Å². The molecule has 0 amide bonds. The van der Waals surface area contributed by atoms with Gasteiger partial charge in [-0.2, -0.15) is 5.10 Å². The lowest BCUT2D eigenvalue weighted by Gasteiger charge is -2.35. The van der Waals surface area contributed by atoms with Crippen LogP contribution in [0.2, 0.25) is 0 Å². The molecular formula is C20H19F3N4. The van der Waals surface area contributed by atoms with Gasteiger partial charge in [0.15, 0.2) is 0 Å². The van der Waals surface area contributed by atoms with Crippen LogP contribution in [0.1, 0.15) is 25.0 Å². The minimum Gasteiger partial charge on any atom is -0.374 e. The molecule has 0 fully saturated rings. The molecule has 2 heterocycles. The van der Waals surface area contributed by atoms with Gasteiger partial charge in [0.1, 0.15) is 17.5 Å². The highest BCUT2D eigenvalue weighted by molar-refractivity contribution is 6.01. The number of hydrogen-bond donors (Lipinski definition) is 3. The fraction of sp³-hybridized carbons (Fsp3) is 0.250. The smallest absolute Gasteiger partial charge is 0.139 e. The van der Waals surface area contributed by atoms with E-state index in [9.17, 15) is 8.78 Å². The second-order valence-corrected chi connectivity index (χ2v) is 7.42. The highest BCUT2D eigenvalue weighted by atomic mass is 19.1. The number of fused-ring (bicyclic) bond motifs is 2. The Morgan fingerprint density at radius 3 is 2.59 bits per heavy atom. The number of halogens is 3. The fourth-order valence-electron chi connectivity index (χ4n) is 3.72. The predicted octanol–water partition coefficient (Wildman–Crippen LogP) is 4.62. The van der Waals surface area contributed by atoms with Gasteiger partial charge in [-0.3, -0.25) is 0 Å². The number of anilines is 1. The van der Waals surface area contributed by atoms with Gasteiger partial charge in [-0.05, 0) is 44.5 Å². The van der Waals surface area contributed by atoms with E-state index in [1.807, 2.05) is 13.8 Å². The molecule has 0 saturated carbocycles. The first-order chi connectivity index (χ1) is 12.7. The Morgan fingerprint density at radius 1 is 1.15 bits per heavy atom. The lowest BCUT2D eigenvalue weighted by Crippen LogP contribution is -2.45. The van der Waals surface area contributed by atoms with Crippen LogP contribution in [-0.4, -0.2) is 16.2 Å². The van der Waals surface area contributed by atoms with E-state index < -0.39 is 23.0 Å². The molecule has 140 valence electrons. The molecular weight excluding hydrogens is 353 g/mol. The number of aryl methyl sites for hydroxylation is 1. The van der Waals surface area contributed by atoms with Crippen LogP contribution in [0.25, 0.3) is 22.0 Å². The van der Waals surface area contributed by atoms with Crippen molar-refractivity contribution in [1.29, 1.82) is 0 Å². The number of rotatable bonds is 1. The molecule has 0 bridgehead atoms. The Bertz CT molecular complexity index is 1110. The Balaban J connectivity index is 2.00. The summed E-state index contributed by atoms with van der Waals surface area (Å²) in [6, 6.07) is 3.74. The zero-order valence-corrected chi connectivity index (χ0v) is 15.2. The molecule has 1 aromatic heterocycles. The van der Waals surface area contributed by atoms with Gasteiger partial charge in [0.25, 0.3) is 0 Å². The third kappa shape index (κ3) is 2.57. The number of aromatic amines is 1. The molecule has 4 N–H and O–H groups in total. The van der Waals surface area contributed by atoms with Gasteiger partial charge in [-0.15, -0.1) is 0 Å². The van der Waals surface area contributed by atoms with E-state index in [0.717, 1.165) is 11.6 Å². The number of nitrogens with one attached hydrogen (secondary N) is 2. The third-order valence-electron chi connectivity index (χ3n) is 5.22. The monoisotopic (exact) mass is 372 g/mol. The molecule has 2 aromatic carbocycles. The van der Waals surface area contributed by atoms with Crippen LogP contribution in [-0.2, 0) is 6.42 Å². The highest BCUT2D eigenvalue weighted by Gasteiger charge is 2.34. The fourth-order valence-corrected chi connectivity index (χ4v) is 3.72. The van der Waals surface area contributed by atoms with Crippen LogP contribution in [0, 0.1) is 24.4 Å². The van der Waals surface area contributed by atoms with Crippen molar-refractivity contribution in [2.24, 2.45) is 10.9 Å². The van der Waals surface area contributed by atoms with Gasteiger partial charge in [-0.1, -0.05) is 0 Å². The van der Waals surface area contributed by atoms with Crippen LogP contribution in [0.3, 0.4) is 0 Å². The van der Waals surface area contributed by atoms with Crippen LogP contribution in [0.4, 0.5) is 18.9 Å². The maximum Gasteiger partial charge on any atom is 0.139 e. The molecule has 0 atom stereocenters. The van der Waals surface area contributed by atoms with Crippen molar-refractivity contribution < 1.29 is 13.2 Å². The van der Waals surface area contributed by atoms with Crippen LogP contribution in [0.15, 0.2) is 29.5 Å². The average molecular weight is 372 g/mol. The largest absolute Gasteiger partial charge is 0.374 e. The van der Waals surface area contributed by atoms with E-state index in [1.54, 1.807) is 13.1 Å². The second kappa shape index (κ2) is 5.77. The quantitative estimate of drug-likeness (QED) is 0.431. The van der Waals surface area contributed by atoms with Gasteiger partial charge in [0.05, 0.1) is 22.3 Å². The van der Waals surface area contributed by atoms with Gasteiger partial charge in [0, 0.05) is 34.8 Å². The zero-order valence-electron chi connectivity index (χ0n) is 15.2. The summed E-state index contributed by atoms with van der Waals surface area (Å²) in [5, 5.41) is 7.43. The molecule has 7 heteroatoms. The third-order valence-corrected chi connectivity index (χ3v) is 5.22. The molecule has 1 aliphatic heterocycles. The number of benzene rings is 2. The molecule has 0 saturated heterocycles. The Labute approximate surface area is 154 Å². The molecule has 27 heavy (non-hydrogen) atoms. The molecule has 0 radical (unpaired) electrons. The standard InChI is InChI=1S/C20H19F3N4/c1-9-8-25-19-11(9)4-10(21)5-13(19)17-14(22)7-15-12(18(17)23)6-16(27-24)20(2,3)26-15/h4-5,7-8,25-26H,6,24H2,1-3H3/b27-16+. The van der Waals surface area contributed by atoms with Gasteiger partial charge >= 0.3 is 0 Å². The van der Waals surface area contributed by atoms with E-state index in [2.05, 4.69) is 15.4 Å². The first-order valence-electron chi connectivity index (χ1n) is 8.57. The Kier molecular flexibility index (Phi) is 3.73. The molecule has 0 aliphatic carbocycles. The van der Waals surface area contributed by atoms with Crippen LogP contribution in [0.5, 0.6) is 0 Å². The molecule has 0 unspecified atom stereocenters. The Hall–Kier alpha value is -2.96. The van der Waals surface area contributed by atoms with E-state index in [-0.39, 0.29) is 23.1 Å². The number of nitrogens with zero attached hydrogens (tertiary/aromatic N) is 1. The predicted molar refractivity (Wildman–Crippen MR) is 101 cm³/mol. The SMILES string of the molecule is Cc1c[nH]c2c(-c3c(F)cc4c(c3F)C/C(=N\N)C(C)(C)N4)cc(F)cc12. The maximum atomic E-state index is 15.4. The molecule has 4 nitrogen and oxygen atoms in total. The summed E-state index contributed by atoms with van der Waals surface area (Å²) in [7, 11) is 0. The van der Waals surface area contributed by atoms with Crippen molar-refractivity contribution in [2.45, 2.75) is 32.7 Å². The van der Waals surface area contributed by atoms with Gasteiger partial charge in [-0.25, -0.2) is 13.2 Å². The summed E-state index contributed by atoms with van der Waals surface area (Å²) in [6.07, 6.45) is 1.83. The molecule has 1 aliphatic rings. The summed E-state index contributed by atoms with van der Waals surface area (Å²) >= 11 is 0. The lowest BCUT2D eigenvalue weighted by atomic mass is 9.85. The highest BCUT2D eigenvalue weighted by Crippen LogP contribution is 2.40. The summed E-state index contributed by atoms with van der Waals surface area (Å²) in [6.45, 7) is 5.48. The minimum atomic E-state index is -0.762. The van der Waals surface area contributed by atoms with Crippen molar-refractivity contribution >= 4 is 22.3 Å². The number of hydrogen-bond acceptors (Lipinski definition) is 3. The van der Waals surface area contributed by atoms with Crippen LogP contribution >= 0.6 is 0 Å². The summed E-state index contributed by atoms with van der Waals surface area (Å²) in [5.74, 6) is 3.40. The van der Waals surface area contributed by atoms with Crippen molar-refractivity contribution in [3.05, 3.63) is 53.0 Å². The molecule has 0 spiro atoms. The second-order valence-electron chi connectivity index (χ2n) is 7.42. The summed E-state index contributed by atoms with van der Waals surface area (Å²) in [4.78, 5) is 2.99. The lowest BCUT2D eigenvalue weighted by molar-refractivity contribution is 0.576. The molecule has 4 rings (SSSR count). The first kappa shape index (κ1) is 17.5. The van der Waals surface area contributed by atoms with E-state index in [4.69, 9.17) is 5.84 Å². The van der Waals surface area contributed by atoms with E-state index >= 15 is 4.39 Å². The van der Waals surface area contributed by atoms with E-state index in [0.29, 0.717) is 22.3 Å². The van der Waals surface area contributed by atoms with Crippen molar-refractivity contribution in [3.63, 3.8) is 0 Å². The summed E-state index contributed by atoms with van der Waals surface area (Å²) in [5.41, 5.74) is 1.70. The topological polar surface area (TPSA) is 66.2 Å². The average Bonchev–Trinajstić information content (AvgIpc) is 2.94. The number of nitrogens with two attached hydrogens (primary N) is 1. The maximum absolute atomic E-state index is 15.4. The van der Waals surface area contributed by atoms with Crippen LogP contribution < -0.4 is 11.2 Å². The van der Waals surface area contributed by atoms with Gasteiger partial charge in [0.2, 0.25) is 0 Å². The normalized spacial score (nSPS) is 17.2. The Morgan fingerprint density at radius 2 is 1.89 bits per heavy atom. The number of H-pyrrole nitrogens is 1. The number of hydrazone groups is 1. The first-order valence-corrected chi connectivity index (χ1v) is 8.57. The minimum absolute atomic E-state index is 0.145.